The third-order valence-electron chi connectivity index (χ3n) is 2.04. The number of nitrogen functional groups attached to an aromatic ring is 1. The number of rotatable bonds is 1. The Kier molecular flexibility index (Phi) is 2.61. The van der Waals surface area contributed by atoms with E-state index < -0.39 is 29.0 Å². The van der Waals surface area contributed by atoms with Gasteiger partial charge in [-0.05, 0) is 18.6 Å². The molecule has 0 aliphatic carbocycles. The quantitative estimate of drug-likeness (QED) is 0.714. The highest BCUT2D eigenvalue weighted by atomic mass is 19.4. The van der Waals surface area contributed by atoms with Crippen LogP contribution in [0.2, 0.25) is 0 Å². The minimum Gasteiger partial charge on any atom is -0.545 e. The second kappa shape index (κ2) is 3.45. The summed E-state index contributed by atoms with van der Waals surface area (Å²) in [5.74, 6) is -1.59. The summed E-state index contributed by atoms with van der Waals surface area (Å²) in [6.07, 6.45) is -4.54. The van der Waals surface area contributed by atoms with Gasteiger partial charge in [0.15, 0.2) is 0 Å². The van der Waals surface area contributed by atoms with Crippen molar-refractivity contribution in [3.05, 3.63) is 28.8 Å². The van der Waals surface area contributed by atoms with Gasteiger partial charge in [-0.1, -0.05) is 6.07 Å². The maximum Gasteiger partial charge on any atom is 0.416 e. The smallest absolute Gasteiger partial charge is 0.416 e. The number of anilines is 1. The van der Waals surface area contributed by atoms with Crippen molar-refractivity contribution in [2.75, 3.05) is 5.73 Å². The van der Waals surface area contributed by atoms with E-state index in [0.717, 1.165) is 13.0 Å². The minimum atomic E-state index is -4.54. The number of carboxylic acids is 1. The molecule has 0 aromatic heterocycles. The minimum absolute atomic E-state index is 0.302. The number of carbonyl (C=O) groups is 1. The van der Waals surface area contributed by atoms with Crippen molar-refractivity contribution in [2.45, 2.75) is 13.1 Å². The number of carbonyl (C=O) groups excluding carboxylic acids is 1. The zero-order chi connectivity index (χ0) is 11.8. The van der Waals surface area contributed by atoms with Gasteiger partial charge in [0, 0.05) is 11.3 Å². The summed E-state index contributed by atoms with van der Waals surface area (Å²) in [7, 11) is 0. The van der Waals surface area contributed by atoms with Crippen LogP contribution in [-0.2, 0) is 6.18 Å². The number of hydrogen-bond acceptors (Lipinski definition) is 3. The molecule has 15 heavy (non-hydrogen) atoms. The maximum atomic E-state index is 12.3. The van der Waals surface area contributed by atoms with Crippen molar-refractivity contribution < 1.29 is 23.1 Å². The van der Waals surface area contributed by atoms with E-state index in [9.17, 15) is 23.1 Å². The fourth-order valence-electron chi connectivity index (χ4n) is 1.21. The van der Waals surface area contributed by atoms with Gasteiger partial charge in [-0.2, -0.15) is 13.2 Å². The molecule has 0 aliphatic rings. The van der Waals surface area contributed by atoms with Crippen LogP contribution < -0.4 is 10.8 Å². The lowest BCUT2D eigenvalue weighted by molar-refractivity contribution is -0.254. The van der Waals surface area contributed by atoms with Crippen LogP contribution in [0.25, 0.3) is 0 Å². The van der Waals surface area contributed by atoms with Gasteiger partial charge >= 0.3 is 6.18 Å². The van der Waals surface area contributed by atoms with E-state index in [0.29, 0.717) is 6.07 Å². The first-order valence-corrected chi connectivity index (χ1v) is 3.92. The summed E-state index contributed by atoms with van der Waals surface area (Å²) in [6.45, 7) is 1.12. The van der Waals surface area contributed by atoms with Crippen molar-refractivity contribution >= 4 is 11.7 Å². The van der Waals surface area contributed by atoms with Crippen molar-refractivity contribution in [1.82, 2.24) is 0 Å². The van der Waals surface area contributed by atoms with Crippen LogP contribution in [0.5, 0.6) is 0 Å². The maximum absolute atomic E-state index is 12.3. The molecule has 0 atom stereocenters. The third kappa shape index (κ3) is 2.03. The number of aromatic carboxylic acids is 1. The van der Waals surface area contributed by atoms with Crippen molar-refractivity contribution in [1.29, 1.82) is 0 Å². The van der Waals surface area contributed by atoms with Gasteiger partial charge in [0.25, 0.3) is 0 Å². The number of nitrogens with two attached hydrogens (primary N) is 1. The largest absolute Gasteiger partial charge is 0.545 e. The zero-order valence-electron chi connectivity index (χ0n) is 7.68. The lowest BCUT2D eigenvalue weighted by Crippen LogP contribution is -2.24. The summed E-state index contributed by atoms with van der Waals surface area (Å²) in [5, 5.41) is 10.5. The highest BCUT2D eigenvalue weighted by Crippen LogP contribution is 2.34. The first kappa shape index (κ1) is 11.4. The van der Waals surface area contributed by atoms with Gasteiger partial charge in [-0.25, -0.2) is 0 Å². The van der Waals surface area contributed by atoms with E-state index >= 15 is 0 Å². The van der Waals surface area contributed by atoms with Crippen LogP contribution >= 0.6 is 0 Å². The van der Waals surface area contributed by atoms with Crippen LogP contribution in [0.3, 0.4) is 0 Å². The Morgan fingerprint density at radius 3 is 2.33 bits per heavy atom. The standard InChI is InChI=1S/C9H8F3NO2/c1-4-6(9(10,11)12)3-2-5(7(4)13)8(14)15/h2-3H,13H2,1H3,(H,14,15)/p-1. The summed E-state index contributed by atoms with van der Waals surface area (Å²) in [4.78, 5) is 10.5. The monoisotopic (exact) mass is 218 g/mol. The number of carboxylic acid groups (broad SMARTS) is 1. The average Bonchev–Trinajstić information content (AvgIpc) is 2.06. The molecule has 1 aromatic carbocycles. The van der Waals surface area contributed by atoms with Gasteiger partial charge in [0.05, 0.1) is 11.5 Å². The highest BCUT2D eigenvalue weighted by molar-refractivity contribution is 5.93. The summed E-state index contributed by atoms with van der Waals surface area (Å²) in [6, 6.07) is 1.47. The molecule has 3 nitrogen and oxygen atoms in total. The van der Waals surface area contributed by atoms with E-state index in [1.165, 1.54) is 0 Å². The predicted octanol–water partition coefficient (Wildman–Crippen LogP) is 0.960. The number of halogens is 3. The normalized spacial score (nSPS) is 11.5. The Morgan fingerprint density at radius 1 is 1.40 bits per heavy atom. The molecule has 0 saturated heterocycles. The van der Waals surface area contributed by atoms with Gasteiger partial charge in [-0.15, -0.1) is 0 Å². The molecule has 0 saturated carbocycles. The van der Waals surface area contributed by atoms with Crippen molar-refractivity contribution in [3.8, 4) is 0 Å². The molecule has 82 valence electrons. The molecule has 2 N–H and O–H groups in total. The second-order valence-electron chi connectivity index (χ2n) is 2.98. The predicted molar refractivity (Wildman–Crippen MR) is 44.9 cm³/mol. The Bertz CT molecular complexity index is 413. The first-order valence-electron chi connectivity index (χ1n) is 3.92. The molecular weight excluding hydrogens is 211 g/mol. The Morgan fingerprint density at radius 2 is 1.93 bits per heavy atom. The lowest BCUT2D eigenvalue weighted by Gasteiger charge is -2.15. The highest BCUT2D eigenvalue weighted by Gasteiger charge is 2.33. The molecular formula is C9H7F3NO2-. The second-order valence-corrected chi connectivity index (χ2v) is 2.98. The molecule has 0 bridgehead atoms. The molecule has 1 aromatic rings. The van der Waals surface area contributed by atoms with Crippen molar-refractivity contribution in [3.63, 3.8) is 0 Å². The molecule has 0 fully saturated rings. The van der Waals surface area contributed by atoms with Gasteiger partial charge < -0.3 is 15.6 Å². The number of hydrogen-bond donors (Lipinski definition) is 1. The van der Waals surface area contributed by atoms with Crippen LogP contribution in [0.15, 0.2) is 12.1 Å². The molecule has 0 spiro atoms. The van der Waals surface area contributed by atoms with Crippen molar-refractivity contribution in [2.24, 2.45) is 0 Å². The average molecular weight is 218 g/mol. The molecule has 0 aliphatic heterocycles. The van der Waals surface area contributed by atoms with Crippen LogP contribution in [0, 0.1) is 6.92 Å². The fourth-order valence-corrected chi connectivity index (χ4v) is 1.21. The van der Waals surface area contributed by atoms with Crippen LogP contribution in [0.1, 0.15) is 21.5 Å². The molecule has 1 rings (SSSR count). The van der Waals surface area contributed by atoms with Crippen LogP contribution in [-0.4, -0.2) is 5.97 Å². The number of benzene rings is 1. The van der Waals surface area contributed by atoms with Gasteiger partial charge in [0.2, 0.25) is 0 Å². The lowest BCUT2D eigenvalue weighted by atomic mass is 10.0. The SMILES string of the molecule is Cc1c(C(F)(F)F)ccc(C(=O)[O-])c1N. The third-order valence-corrected chi connectivity index (χ3v) is 2.04. The molecule has 0 amide bonds. The fraction of sp³-hybridized carbons (Fsp3) is 0.222. The first-order chi connectivity index (χ1) is 6.75. The zero-order valence-corrected chi connectivity index (χ0v) is 7.68. The Labute approximate surface area is 83.3 Å². The van der Waals surface area contributed by atoms with E-state index in [4.69, 9.17) is 5.73 Å². The summed E-state index contributed by atoms with van der Waals surface area (Å²) < 4.78 is 37.0. The molecule has 6 heteroatoms. The van der Waals surface area contributed by atoms with E-state index in [-0.39, 0.29) is 5.56 Å². The summed E-state index contributed by atoms with van der Waals surface area (Å²) in [5.41, 5.74) is 3.18. The van der Waals surface area contributed by atoms with E-state index in [1.54, 1.807) is 0 Å². The Balaban J connectivity index is 3.41. The summed E-state index contributed by atoms with van der Waals surface area (Å²) >= 11 is 0. The van der Waals surface area contributed by atoms with Gasteiger partial charge in [-0.3, -0.25) is 0 Å². The van der Waals surface area contributed by atoms with Gasteiger partial charge in [0.1, 0.15) is 0 Å². The topological polar surface area (TPSA) is 66.1 Å². The van der Waals surface area contributed by atoms with E-state index in [2.05, 4.69) is 0 Å². The Hall–Kier alpha value is -1.72. The van der Waals surface area contributed by atoms with E-state index in [1.807, 2.05) is 0 Å². The number of alkyl halides is 3. The molecule has 0 radical (unpaired) electrons. The molecule has 0 unspecified atom stereocenters. The van der Waals surface area contributed by atoms with Crippen LogP contribution in [0.4, 0.5) is 18.9 Å². The molecule has 0 heterocycles.